The molecule has 1 aromatic rings. The molecule has 0 heterocycles. The van der Waals surface area contributed by atoms with E-state index in [-0.39, 0.29) is 29.5 Å². The number of phenols is 2. The minimum absolute atomic E-state index is 0.100. The van der Waals surface area contributed by atoms with Gasteiger partial charge in [-0.3, -0.25) is 19.2 Å². The van der Waals surface area contributed by atoms with Gasteiger partial charge in [0.1, 0.15) is 23.7 Å². The molecule has 0 aliphatic heterocycles. The smallest absolute Gasteiger partial charge is 0.310 e. The van der Waals surface area contributed by atoms with E-state index in [4.69, 9.17) is 9.47 Å². The average molecular weight is 459 g/mol. The number of hydrogen-bond donors (Lipinski definition) is 2. The quantitative estimate of drug-likeness (QED) is 0.304. The first-order valence-corrected chi connectivity index (χ1v) is 10.9. The predicted octanol–water partition coefficient (Wildman–Crippen LogP) is 4.18. The molecule has 1 unspecified atom stereocenters. The van der Waals surface area contributed by atoms with Crippen LogP contribution in [-0.2, 0) is 19.1 Å². The van der Waals surface area contributed by atoms with Gasteiger partial charge < -0.3 is 19.7 Å². The summed E-state index contributed by atoms with van der Waals surface area (Å²) in [6.45, 7) is 6.91. The van der Waals surface area contributed by atoms with Crippen molar-refractivity contribution in [1.82, 2.24) is 0 Å². The van der Waals surface area contributed by atoms with Crippen LogP contribution in [0, 0.1) is 0 Å². The highest BCUT2D eigenvalue weighted by Crippen LogP contribution is 2.36. The van der Waals surface area contributed by atoms with Gasteiger partial charge in [-0.15, -0.1) is 0 Å². The zero-order valence-electron chi connectivity index (χ0n) is 19.3. The van der Waals surface area contributed by atoms with Gasteiger partial charge in [-0.05, 0) is 38.5 Å². The third-order valence-corrected chi connectivity index (χ3v) is 5.15. The third kappa shape index (κ3) is 6.78. The Morgan fingerprint density at radius 2 is 1.67 bits per heavy atom. The Balaban J connectivity index is 2.33. The number of Topliss-reactive ketones (excluding diaryl/α,β-unsaturated/α-hetero) is 1. The normalized spacial score (nSPS) is 14.6. The SMILES string of the molecule is CCCCC(CC(=O)O[C@H](CC=C(C)C)C1=CC(=O)c2c(O)ccc(O)c2C1=O)OC(C)=O. The van der Waals surface area contributed by atoms with Crippen molar-refractivity contribution in [1.29, 1.82) is 0 Å². The number of fused-ring (bicyclic) bond motifs is 1. The van der Waals surface area contributed by atoms with Crippen molar-refractivity contribution in [2.75, 3.05) is 0 Å². The summed E-state index contributed by atoms with van der Waals surface area (Å²) in [4.78, 5) is 49.9. The van der Waals surface area contributed by atoms with Gasteiger partial charge in [-0.25, -0.2) is 0 Å². The summed E-state index contributed by atoms with van der Waals surface area (Å²) < 4.78 is 10.8. The molecule has 0 spiro atoms. The average Bonchev–Trinajstić information content (AvgIpc) is 2.73. The highest BCUT2D eigenvalue weighted by atomic mass is 16.6. The molecule has 8 nitrogen and oxygen atoms in total. The van der Waals surface area contributed by atoms with Crippen LogP contribution in [0.2, 0.25) is 0 Å². The number of unbranched alkanes of at least 4 members (excludes halogenated alkanes) is 1. The van der Waals surface area contributed by atoms with Crippen LogP contribution in [-0.4, -0.2) is 45.9 Å². The lowest BCUT2D eigenvalue weighted by atomic mass is 9.85. The van der Waals surface area contributed by atoms with Crippen molar-refractivity contribution < 1.29 is 38.9 Å². The molecule has 0 aromatic heterocycles. The van der Waals surface area contributed by atoms with Gasteiger partial charge >= 0.3 is 11.9 Å². The summed E-state index contributed by atoms with van der Waals surface area (Å²) in [5.74, 6) is -3.44. The van der Waals surface area contributed by atoms with Gasteiger partial charge in [-0.2, -0.15) is 0 Å². The lowest BCUT2D eigenvalue weighted by molar-refractivity contribution is -0.155. The van der Waals surface area contributed by atoms with Crippen LogP contribution < -0.4 is 0 Å². The molecule has 1 aromatic carbocycles. The number of ketones is 2. The molecule has 1 aliphatic carbocycles. The van der Waals surface area contributed by atoms with E-state index in [2.05, 4.69) is 0 Å². The van der Waals surface area contributed by atoms with Gasteiger partial charge in [0.15, 0.2) is 11.6 Å². The van der Waals surface area contributed by atoms with E-state index in [1.54, 1.807) is 6.08 Å². The number of aromatic hydroxyl groups is 2. The van der Waals surface area contributed by atoms with E-state index in [9.17, 15) is 29.4 Å². The molecule has 33 heavy (non-hydrogen) atoms. The maximum Gasteiger partial charge on any atom is 0.310 e. The van der Waals surface area contributed by atoms with Crippen LogP contribution in [0.5, 0.6) is 11.5 Å². The Morgan fingerprint density at radius 3 is 2.24 bits per heavy atom. The number of ether oxygens (including phenoxy) is 2. The molecular formula is C25H30O8. The molecule has 0 saturated heterocycles. The van der Waals surface area contributed by atoms with Gasteiger partial charge in [0, 0.05) is 18.9 Å². The molecule has 2 N–H and O–H groups in total. The van der Waals surface area contributed by atoms with Crippen molar-refractivity contribution in [2.24, 2.45) is 0 Å². The predicted molar refractivity (Wildman–Crippen MR) is 120 cm³/mol. The van der Waals surface area contributed by atoms with Crippen LogP contribution >= 0.6 is 0 Å². The number of benzene rings is 1. The Kier molecular flexibility index (Phi) is 8.96. The zero-order valence-corrected chi connectivity index (χ0v) is 19.3. The topological polar surface area (TPSA) is 127 Å². The molecule has 2 atom stereocenters. The van der Waals surface area contributed by atoms with Crippen molar-refractivity contribution >= 4 is 23.5 Å². The summed E-state index contributed by atoms with van der Waals surface area (Å²) in [5, 5.41) is 20.2. The second-order valence-electron chi connectivity index (χ2n) is 8.22. The largest absolute Gasteiger partial charge is 0.507 e. The van der Waals surface area contributed by atoms with Crippen LogP contribution in [0.15, 0.2) is 35.4 Å². The van der Waals surface area contributed by atoms with Gasteiger partial charge in [-0.1, -0.05) is 31.4 Å². The summed E-state index contributed by atoms with van der Waals surface area (Å²) in [6.07, 6.45) is 3.07. The van der Waals surface area contributed by atoms with Gasteiger partial charge in [0.05, 0.1) is 17.5 Å². The van der Waals surface area contributed by atoms with E-state index in [1.807, 2.05) is 20.8 Å². The van der Waals surface area contributed by atoms with Crippen molar-refractivity contribution in [2.45, 2.75) is 72.0 Å². The zero-order chi connectivity index (χ0) is 24.7. The maximum atomic E-state index is 13.1. The fourth-order valence-corrected chi connectivity index (χ4v) is 3.57. The molecule has 8 heteroatoms. The number of allylic oxidation sites excluding steroid dienone is 2. The molecular weight excluding hydrogens is 428 g/mol. The van der Waals surface area contributed by atoms with Crippen LogP contribution in [0.25, 0.3) is 0 Å². The summed E-state index contributed by atoms with van der Waals surface area (Å²) >= 11 is 0. The van der Waals surface area contributed by atoms with E-state index in [0.29, 0.717) is 6.42 Å². The molecule has 0 radical (unpaired) electrons. The van der Waals surface area contributed by atoms with E-state index >= 15 is 0 Å². The molecule has 0 saturated carbocycles. The Labute approximate surface area is 192 Å². The fourth-order valence-electron chi connectivity index (χ4n) is 3.57. The highest BCUT2D eigenvalue weighted by Gasteiger charge is 2.36. The second kappa shape index (κ2) is 11.4. The standard InChI is InChI=1S/C25H30O8/c1-5-6-7-16(32-15(4)26)12-22(30)33-21(11-8-14(2)3)17-13-20(29)23-18(27)9-10-19(28)24(23)25(17)31/h8-10,13,16,21,27-28H,5-7,11-12H2,1-4H3/t16?,21-/m1/s1. The van der Waals surface area contributed by atoms with E-state index in [1.165, 1.54) is 6.92 Å². The van der Waals surface area contributed by atoms with Crippen molar-refractivity contribution in [3.63, 3.8) is 0 Å². The molecule has 2 rings (SSSR count). The minimum atomic E-state index is -1.09. The van der Waals surface area contributed by atoms with Crippen LogP contribution in [0.1, 0.15) is 80.5 Å². The first-order valence-electron chi connectivity index (χ1n) is 10.9. The number of phenolic OH excluding ortho intramolecular Hbond substituents is 2. The minimum Gasteiger partial charge on any atom is -0.507 e. The fraction of sp³-hybridized carbons (Fsp3) is 0.440. The number of esters is 2. The monoisotopic (exact) mass is 458 g/mol. The Hall–Kier alpha value is -3.42. The van der Waals surface area contributed by atoms with Gasteiger partial charge in [0.2, 0.25) is 0 Å². The first kappa shape index (κ1) is 25.8. The number of carbonyl (C=O) groups is 4. The van der Waals surface area contributed by atoms with Crippen LogP contribution in [0.3, 0.4) is 0 Å². The first-order chi connectivity index (χ1) is 15.5. The summed E-state index contributed by atoms with van der Waals surface area (Å²) in [5.41, 5.74) is 0.201. The number of carbonyl (C=O) groups excluding carboxylic acids is 4. The summed E-state index contributed by atoms with van der Waals surface area (Å²) in [7, 11) is 0. The lowest BCUT2D eigenvalue weighted by Gasteiger charge is -2.24. The molecule has 0 bridgehead atoms. The van der Waals surface area contributed by atoms with Crippen molar-refractivity contribution in [3.05, 3.63) is 46.6 Å². The molecule has 0 amide bonds. The van der Waals surface area contributed by atoms with Crippen molar-refractivity contribution in [3.8, 4) is 11.5 Å². The van der Waals surface area contributed by atoms with E-state index < -0.39 is 47.2 Å². The lowest BCUT2D eigenvalue weighted by Crippen LogP contribution is -2.31. The Morgan fingerprint density at radius 1 is 1.03 bits per heavy atom. The number of rotatable bonds is 10. The molecule has 0 fully saturated rings. The third-order valence-electron chi connectivity index (χ3n) is 5.15. The van der Waals surface area contributed by atoms with Crippen LogP contribution in [0.4, 0.5) is 0 Å². The van der Waals surface area contributed by atoms with Gasteiger partial charge in [0.25, 0.3) is 0 Å². The molecule has 178 valence electrons. The van der Waals surface area contributed by atoms with E-state index in [0.717, 1.165) is 36.6 Å². The maximum absolute atomic E-state index is 13.1. The second-order valence-corrected chi connectivity index (χ2v) is 8.22. The molecule has 1 aliphatic rings. The highest BCUT2D eigenvalue weighted by molar-refractivity contribution is 6.27. The number of hydrogen-bond acceptors (Lipinski definition) is 8. The summed E-state index contributed by atoms with van der Waals surface area (Å²) in [6, 6.07) is 2.25. The Bertz CT molecular complexity index is 998.